The van der Waals surface area contributed by atoms with E-state index in [4.69, 9.17) is 0 Å². The van der Waals surface area contributed by atoms with Crippen molar-refractivity contribution < 1.29 is 4.79 Å². The highest BCUT2D eigenvalue weighted by atomic mass is 16.2. The third-order valence-electron chi connectivity index (χ3n) is 3.12. The Morgan fingerprint density at radius 3 is 2.59 bits per heavy atom. The van der Waals surface area contributed by atoms with Gasteiger partial charge in [-0.25, -0.2) is 4.98 Å². The minimum absolute atomic E-state index is 0.101. The monoisotopic (exact) mass is 292 g/mol. The lowest BCUT2D eigenvalue weighted by atomic mass is 10.3. The van der Waals surface area contributed by atoms with Crippen LogP contribution in [0.15, 0.2) is 59.9 Å². The van der Waals surface area contributed by atoms with E-state index >= 15 is 0 Å². The predicted molar refractivity (Wildman–Crippen MR) is 84.4 cm³/mol. The molecular weight excluding hydrogens is 276 g/mol. The molecule has 2 aromatic heterocycles. The molecule has 0 aliphatic heterocycles. The molecule has 0 atom stereocenters. The zero-order chi connectivity index (χ0) is 15.5. The molecule has 0 spiro atoms. The summed E-state index contributed by atoms with van der Waals surface area (Å²) in [5.74, 6) is -0.238. The fraction of sp³-hybridized carbons (Fsp3) is 0.176. The van der Waals surface area contributed by atoms with Crippen molar-refractivity contribution in [1.29, 1.82) is 0 Å². The lowest BCUT2D eigenvalue weighted by Gasteiger charge is -2.07. The molecule has 0 amide bonds. The number of pyridine rings is 1. The van der Waals surface area contributed by atoms with Crippen molar-refractivity contribution in [1.82, 2.24) is 14.5 Å². The van der Waals surface area contributed by atoms with Gasteiger partial charge in [-0.05, 0) is 38.1 Å². The van der Waals surface area contributed by atoms with Gasteiger partial charge in [-0.1, -0.05) is 18.2 Å². The number of rotatable bonds is 2. The molecule has 2 heterocycles. The Morgan fingerprint density at radius 2 is 1.82 bits per heavy atom. The summed E-state index contributed by atoms with van der Waals surface area (Å²) in [5, 5.41) is 0. The van der Waals surface area contributed by atoms with E-state index in [-0.39, 0.29) is 11.9 Å². The van der Waals surface area contributed by atoms with Gasteiger partial charge in [-0.2, -0.15) is 0 Å². The van der Waals surface area contributed by atoms with Crippen LogP contribution in [0.5, 0.6) is 0 Å². The molecule has 5 heteroatoms. The number of carbonyl (C=O) groups is 1. The number of para-hydroxylation sites is 2. The molecule has 0 fully saturated rings. The first-order valence-corrected chi connectivity index (χ1v) is 7.13. The normalized spacial score (nSPS) is 12.0. The molecule has 0 N–H and O–H groups in total. The van der Waals surface area contributed by atoms with Crippen molar-refractivity contribution in [2.75, 3.05) is 0 Å². The number of benzene rings is 1. The average Bonchev–Trinajstić information content (AvgIpc) is 2.54. The lowest BCUT2D eigenvalue weighted by Crippen LogP contribution is -2.28. The number of fused-ring (bicyclic) bond motifs is 1. The molecule has 0 radical (unpaired) electrons. The van der Waals surface area contributed by atoms with Crippen molar-refractivity contribution in [3.8, 4) is 0 Å². The van der Waals surface area contributed by atoms with Crippen LogP contribution in [-0.4, -0.2) is 26.5 Å². The molecule has 0 bridgehead atoms. The molecule has 0 unspecified atom stereocenters. The van der Waals surface area contributed by atoms with Gasteiger partial charge in [0.2, 0.25) is 0 Å². The van der Waals surface area contributed by atoms with Gasteiger partial charge in [0.1, 0.15) is 11.2 Å². The highest BCUT2D eigenvalue weighted by Gasteiger charge is 2.12. The molecule has 3 rings (SSSR count). The first-order valence-electron chi connectivity index (χ1n) is 7.13. The second kappa shape index (κ2) is 5.89. The zero-order valence-electron chi connectivity index (χ0n) is 12.5. The van der Waals surface area contributed by atoms with Crippen LogP contribution in [0.25, 0.3) is 11.0 Å². The van der Waals surface area contributed by atoms with Crippen LogP contribution < -0.4 is 5.49 Å². The van der Waals surface area contributed by atoms with Crippen molar-refractivity contribution >= 4 is 16.9 Å². The fourth-order valence-corrected chi connectivity index (χ4v) is 2.16. The molecule has 0 saturated carbocycles. The lowest BCUT2D eigenvalue weighted by molar-refractivity contribution is 0.0949. The summed E-state index contributed by atoms with van der Waals surface area (Å²) >= 11 is 0. The number of hydrogen-bond acceptors (Lipinski definition) is 4. The van der Waals surface area contributed by atoms with Crippen molar-refractivity contribution in [2.24, 2.45) is 4.99 Å². The summed E-state index contributed by atoms with van der Waals surface area (Å²) in [4.78, 5) is 25.8. The minimum Gasteiger partial charge on any atom is -0.266 e. The molecular formula is C17H16N4O. The van der Waals surface area contributed by atoms with Crippen LogP contribution in [0.1, 0.15) is 24.3 Å². The van der Waals surface area contributed by atoms with Gasteiger partial charge >= 0.3 is 0 Å². The van der Waals surface area contributed by atoms with Gasteiger partial charge in [-0.15, -0.1) is 0 Å². The Morgan fingerprint density at radius 1 is 1.09 bits per heavy atom. The van der Waals surface area contributed by atoms with Gasteiger partial charge < -0.3 is 0 Å². The number of hydrogen-bond donors (Lipinski definition) is 0. The first kappa shape index (κ1) is 14.1. The van der Waals surface area contributed by atoms with Crippen LogP contribution in [-0.2, 0) is 0 Å². The molecule has 3 aromatic rings. The van der Waals surface area contributed by atoms with E-state index in [0.29, 0.717) is 16.7 Å². The van der Waals surface area contributed by atoms with Crippen LogP contribution in [0.2, 0.25) is 0 Å². The summed E-state index contributed by atoms with van der Waals surface area (Å²) in [5.41, 5.74) is 2.38. The second-order valence-corrected chi connectivity index (χ2v) is 5.20. The van der Waals surface area contributed by atoms with E-state index in [1.54, 1.807) is 12.3 Å². The number of nitrogens with zero attached hydrogens (tertiary/aromatic N) is 4. The summed E-state index contributed by atoms with van der Waals surface area (Å²) in [6.45, 7) is 3.94. The van der Waals surface area contributed by atoms with Crippen molar-refractivity contribution in [2.45, 2.75) is 19.9 Å². The van der Waals surface area contributed by atoms with E-state index < -0.39 is 0 Å². The first-order chi connectivity index (χ1) is 10.6. The van der Waals surface area contributed by atoms with E-state index in [9.17, 15) is 4.79 Å². The van der Waals surface area contributed by atoms with Crippen molar-refractivity contribution in [3.05, 3.63) is 66.0 Å². The molecule has 5 nitrogen and oxygen atoms in total. The Hall–Kier alpha value is -2.82. The zero-order valence-corrected chi connectivity index (χ0v) is 12.5. The highest BCUT2D eigenvalue weighted by Crippen LogP contribution is 2.09. The summed E-state index contributed by atoms with van der Waals surface area (Å²) < 4.78 is 1.50. The number of carbonyl (C=O) groups excluding carboxylic acids is 1. The van der Waals surface area contributed by atoms with Crippen LogP contribution >= 0.6 is 0 Å². The summed E-state index contributed by atoms with van der Waals surface area (Å²) in [6.07, 6.45) is 3.20. The van der Waals surface area contributed by atoms with E-state index in [1.165, 1.54) is 10.8 Å². The molecule has 22 heavy (non-hydrogen) atoms. The Bertz CT molecular complexity index is 896. The van der Waals surface area contributed by atoms with Crippen LogP contribution in [0.4, 0.5) is 0 Å². The second-order valence-electron chi connectivity index (χ2n) is 5.20. The molecule has 0 aliphatic rings. The maximum absolute atomic E-state index is 12.7. The number of aromatic nitrogens is 3. The van der Waals surface area contributed by atoms with E-state index in [0.717, 1.165) is 5.52 Å². The Balaban J connectivity index is 2.10. The average molecular weight is 292 g/mol. The van der Waals surface area contributed by atoms with Gasteiger partial charge in [0.15, 0.2) is 0 Å². The van der Waals surface area contributed by atoms with Gasteiger partial charge in [0.25, 0.3) is 5.91 Å². The van der Waals surface area contributed by atoms with Gasteiger partial charge in [-0.3, -0.25) is 19.3 Å². The summed E-state index contributed by atoms with van der Waals surface area (Å²) in [6, 6.07) is 13.0. The standard InChI is InChI=1S/C17H16N4O/c1-12(2)19-16-9-5-6-10-21(16)17(22)15-11-18-13-7-3-4-8-14(13)20-15/h3-12H,1-2H3. The largest absolute Gasteiger partial charge is 0.283 e. The Kier molecular flexibility index (Phi) is 3.78. The van der Waals surface area contributed by atoms with Crippen LogP contribution in [0.3, 0.4) is 0 Å². The fourth-order valence-electron chi connectivity index (χ4n) is 2.16. The quantitative estimate of drug-likeness (QED) is 0.729. The maximum Gasteiger partial charge on any atom is 0.283 e. The SMILES string of the molecule is CC(C)N=c1ccccn1C(=O)c1cnc2ccccc2n1. The smallest absolute Gasteiger partial charge is 0.266 e. The third-order valence-corrected chi connectivity index (χ3v) is 3.12. The maximum atomic E-state index is 12.7. The third kappa shape index (κ3) is 2.79. The topological polar surface area (TPSA) is 60.1 Å². The van der Waals surface area contributed by atoms with E-state index in [1.807, 2.05) is 50.2 Å². The minimum atomic E-state index is -0.238. The molecule has 0 aliphatic carbocycles. The van der Waals surface area contributed by atoms with Gasteiger partial charge in [0.05, 0.1) is 17.2 Å². The van der Waals surface area contributed by atoms with E-state index in [2.05, 4.69) is 15.0 Å². The van der Waals surface area contributed by atoms with Gasteiger partial charge in [0, 0.05) is 12.2 Å². The molecule has 0 saturated heterocycles. The van der Waals surface area contributed by atoms with Crippen molar-refractivity contribution in [3.63, 3.8) is 0 Å². The predicted octanol–water partition coefficient (Wildman–Crippen LogP) is 2.43. The van der Waals surface area contributed by atoms with Crippen LogP contribution in [0, 0.1) is 0 Å². The molecule has 1 aromatic carbocycles. The molecule has 110 valence electrons. The highest BCUT2D eigenvalue weighted by molar-refractivity contribution is 5.95. The summed E-state index contributed by atoms with van der Waals surface area (Å²) in [7, 11) is 0. The Labute approximate surface area is 128 Å².